The molecule has 0 bridgehead atoms. The molecule has 0 radical (unpaired) electrons. The second-order valence-corrected chi connectivity index (χ2v) is 5.30. The maximum Gasteiger partial charge on any atom is 0.131 e. The molecule has 0 aliphatic carbocycles. The van der Waals surface area contributed by atoms with Gasteiger partial charge in [0.05, 0.1) is 16.6 Å². The van der Waals surface area contributed by atoms with E-state index in [-0.39, 0.29) is 0 Å². The number of halogens is 2. The molecule has 2 rings (SSSR count). The van der Waals surface area contributed by atoms with E-state index in [2.05, 4.69) is 4.98 Å². The Hall–Kier alpha value is -0.770. The van der Waals surface area contributed by atoms with Gasteiger partial charge in [0.25, 0.3) is 0 Å². The van der Waals surface area contributed by atoms with Crippen molar-refractivity contribution < 1.29 is 4.74 Å². The molecule has 2 aromatic rings. The van der Waals surface area contributed by atoms with E-state index in [9.17, 15) is 0 Å². The molecule has 1 heterocycles. The normalized spacial score (nSPS) is 10.5. The zero-order valence-corrected chi connectivity index (χ0v) is 11.6. The van der Waals surface area contributed by atoms with Crippen LogP contribution in [0.15, 0.2) is 23.6 Å². The standard InChI is InChI=1S/C12H11Cl2NOS/c1-8-15-11(7-17-8)6-16-12-3-2-10(14)4-9(12)5-13/h2-4,7H,5-6H2,1H3. The first-order chi connectivity index (χ1) is 8.19. The summed E-state index contributed by atoms with van der Waals surface area (Å²) in [5, 5.41) is 3.70. The summed E-state index contributed by atoms with van der Waals surface area (Å²) in [6.07, 6.45) is 0. The van der Waals surface area contributed by atoms with Crippen LogP contribution in [-0.2, 0) is 12.5 Å². The Labute approximate surface area is 114 Å². The van der Waals surface area contributed by atoms with Crippen molar-refractivity contribution in [3.05, 3.63) is 44.9 Å². The average Bonchev–Trinajstić information content (AvgIpc) is 2.73. The summed E-state index contributed by atoms with van der Waals surface area (Å²) in [6, 6.07) is 5.44. The van der Waals surface area contributed by atoms with Crippen molar-refractivity contribution in [1.82, 2.24) is 4.98 Å². The minimum atomic E-state index is 0.381. The topological polar surface area (TPSA) is 22.1 Å². The lowest BCUT2D eigenvalue weighted by molar-refractivity contribution is 0.299. The Morgan fingerprint density at radius 3 is 2.88 bits per heavy atom. The Morgan fingerprint density at radius 1 is 1.41 bits per heavy atom. The van der Waals surface area contributed by atoms with Crippen molar-refractivity contribution in [3.8, 4) is 5.75 Å². The van der Waals surface area contributed by atoms with Gasteiger partial charge >= 0.3 is 0 Å². The van der Waals surface area contributed by atoms with E-state index in [1.54, 1.807) is 17.4 Å². The summed E-state index contributed by atoms with van der Waals surface area (Å²) in [7, 11) is 0. The number of ether oxygens (including phenoxy) is 1. The molecule has 2 nitrogen and oxygen atoms in total. The fourth-order valence-corrected chi connectivity index (χ4v) is 2.42. The van der Waals surface area contributed by atoms with Crippen molar-refractivity contribution in [2.45, 2.75) is 19.4 Å². The fourth-order valence-electron chi connectivity index (χ4n) is 1.42. The summed E-state index contributed by atoms with van der Waals surface area (Å²) in [5.41, 5.74) is 1.83. The number of nitrogens with zero attached hydrogens (tertiary/aromatic N) is 1. The second kappa shape index (κ2) is 5.71. The third kappa shape index (κ3) is 3.35. The van der Waals surface area contributed by atoms with E-state index in [4.69, 9.17) is 27.9 Å². The molecule has 0 amide bonds. The van der Waals surface area contributed by atoms with Gasteiger partial charge in [-0.25, -0.2) is 4.98 Å². The Balaban J connectivity index is 2.08. The van der Waals surface area contributed by atoms with E-state index in [1.807, 2.05) is 24.4 Å². The van der Waals surface area contributed by atoms with Gasteiger partial charge in [0, 0.05) is 16.0 Å². The van der Waals surface area contributed by atoms with Gasteiger partial charge in [0.2, 0.25) is 0 Å². The number of benzene rings is 1. The summed E-state index contributed by atoms with van der Waals surface area (Å²) in [4.78, 5) is 4.33. The zero-order chi connectivity index (χ0) is 12.3. The van der Waals surface area contributed by atoms with E-state index in [0.717, 1.165) is 22.0 Å². The van der Waals surface area contributed by atoms with Crippen LogP contribution >= 0.6 is 34.5 Å². The number of hydrogen-bond donors (Lipinski definition) is 0. The van der Waals surface area contributed by atoms with Crippen LogP contribution in [0.4, 0.5) is 0 Å². The Morgan fingerprint density at radius 2 is 2.24 bits per heavy atom. The smallest absolute Gasteiger partial charge is 0.131 e. The molecular weight excluding hydrogens is 277 g/mol. The zero-order valence-electron chi connectivity index (χ0n) is 9.24. The molecule has 0 N–H and O–H groups in total. The number of aromatic nitrogens is 1. The number of rotatable bonds is 4. The highest BCUT2D eigenvalue weighted by molar-refractivity contribution is 7.09. The van der Waals surface area contributed by atoms with E-state index in [1.165, 1.54) is 0 Å². The van der Waals surface area contributed by atoms with Gasteiger partial charge in [-0.1, -0.05) is 11.6 Å². The maximum absolute atomic E-state index is 5.89. The average molecular weight is 288 g/mol. The molecule has 0 spiro atoms. The first-order valence-electron chi connectivity index (χ1n) is 5.07. The van der Waals surface area contributed by atoms with Crippen molar-refractivity contribution in [2.24, 2.45) is 0 Å². The van der Waals surface area contributed by atoms with E-state index >= 15 is 0 Å². The predicted octanol–water partition coefficient (Wildman–Crippen LogP) is 4.42. The van der Waals surface area contributed by atoms with Crippen LogP contribution in [0.2, 0.25) is 5.02 Å². The van der Waals surface area contributed by atoms with Crippen LogP contribution in [0.5, 0.6) is 5.75 Å². The third-order valence-electron chi connectivity index (χ3n) is 2.21. The highest BCUT2D eigenvalue weighted by Gasteiger charge is 2.05. The molecule has 17 heavy (non-hydrogen) atoms. The van der Waals surface area contributed by atoms with E-state index < -0.39 is 0 Å². The molecule has 1 aromatic carbocycles. The molecule has 0 aliphatic heterocycles. The summed E-state index contributed by atoms with van der Waals surface area (Å²) in [5.74, 6) is 1.14. The molecule has 0 atom stereocenters. The molecular formula is C12H11Cl2NOS. The maximum atomic E-state index is 5.89. The quantitative estimate of drug-likeness (QED) is 0.777. The monoisotopic (exact) mass is 287 g/mol. The van der Waals surface area contributed by atoms with Crippen LogP contribution in [0, 0.1) is 6.92 Å². The van der Waals surface area contributed by atoms with Gasteiger partial charge in [-0.3, -0.25) is 0 Å². The molecule has 0 unspecified atom stereocenters. The number of thiazole rings is 1. The molecule has 0 saturated heterocycles. The molecule has 90 valence electrons. The fraction of sp³-hybridized carbons (Fsp3) is 0.250. The Kier molecular flexibility index (Phi) is 4.26. The minimum Gasteiger partial charge on any atom is -0.487 e. The van der Waals surface area contributed by atoms with Crippen LogP contribution in [-0.4, -0.2) is 4.98 Å². The Bertz CT molecular complexity index is 513. The summed E-state index contributed by atoms with van der Waals surface area (Å²) < 4.78 is 5.68. The van der Waals surface area contributed by atoms with Crippen LogP contribution in [0.1, 0.15) is 16.3 Å². The lowest BCUT2D eigenvalue weighted by Crippen LogP contribution is -1.98. The van der Waals surface area contributed by atoms with Crippen LogP contribution in [0.3, 0.4) is 0 Å². The van der Waals surface area contributed by atoms with E-state index in [0.29, 0.717) is 17.5 Å². The van der Waals surface area contributed by atoms with Crippen molar-refractivity contribution >= 4 is 34.5 Å². The first-order valence-corrected chi connectivity index (χ1v) is 6.86. The van der Waals surface area contributed by atoms with Crippen molar-refractivity contribution in [3.63, 3.8) is 0 Å². The highest BCUT2D eigenvalue weighted by atomic mass is 35.5. The third-order valence-corrected chi connectivity index (χ3v) is 3.55. The van der Waals surface area contributed by atoms with Crippen LogP contribution < -0.4 is 4.74 Å². The molecule has 0 saturated carbocycles. The van der Waals surface area contributed by atoms with Gasteiger partial charge in [-0.15, -0.1) is 22.9 Å². The molecule has 0 aliphatic rings. The van der Waals surface area contributed by atoms with Crippen molar-refractivity contribution in [2.75, 3.05) is 0 Å². The summed E-state index contributed by atoms with van der Waals surface area (Å²) in [6.45, 7) is 2.43. The van der Waals surface area contributed by atoms with Gasteiger partial charge in [0.1, 0.15) is 12.4 Å². The van der Waals surface area contributed by atoms with Gasteiger partial charge in [0.15, 0.2) is 0 Å². The van der Waals surface area contributed by atoms with Gasteiger partial charge < -0.3 is 4.74 Å². The number of alkyl halides is 1. The molecule has 5 heteroatoms. The van der Waals surface area contributed by atoms with Gasteiger partial charge in [-0.2, -0.15) is 0 Å². The number of aryl methyl sites for hydroxylation is 1. The predicted molar refractivity (Wildman–Crippen MR) is 72.2 cm³/mol. The second-order valence-electron chi connectivity index (χ2n) is 3.53. The molecule has 0 fully saturated rings. The lowest BCUT2D eigenvalue weighted by atomic mass is 10.2. The highest BCUT2D eigenvalue weighted by Crippen LogP contribution is 2.25. The largest absolute Gasteiger partial charge is 0.487 e. The number of hydrogen-bond acceptors (Lipinski definition) is 3. The SMILES string of the molecule is Cc1nc(COc2ccc(Cl)cc2CCl)cs1. The van der Waals surface area contributed by atoms with Crippen LogP contribution in [0.25, 0.3) is 0 Å². The first kappa shape index (κ1) is 12.7. The van der Waals surface area contributed by atoms with Crippen molar-refractivity contribution in [1.29, 1.82) is 0 Å². The molecule has 1 aromatic heterocycles. The lowest BCUT2D eigenvalue weighted by Gasteiger charge is -2.08. The summed E-state index contributed by atoms with van der Waals surface area (Å²) >= 11 is 13.3. The van der Waals surface area contributed by atoms with Gasteiger partial charge in [-0.05, 0) is 25.1 Å². The minimum absolute atomic E-state index is 0.381.